The highest BCUT2D eigenvalue weighted by molar-refractivity contribution is 7.99. The van der Waals surface area contributed by atoms with Crippen LogP contribution in [0.1, 0.15) is 27.2 Å². The Kier molecular flexibility index (Phi) is 5.25. The second kappa shape index (κ2) is 6.24. The molecule has 0 unspecified atom stereocenters. The zero-order chi connectivity index (χ0) is 12.9. The van der Waals surface area contributed by atoms with Gasteiger partial charge in [-0.2, -0.15) is 8.78 Å². The van der Waals surface area contributed by atoms with Gasteiger partial charge in [0.15, 0.2) is 0 Å². The predicted molar refractivity (Wildman–Crippen MR) is 70.9 cm³/mol. The molecule has 0 radical (unpaired) electrons. The van der Waals surface area contributed by atoms with E-state index in [0.29, 0.717) is 22.1 Å². The van der Waals surface area contributed by atoms with Crippen LogP contribution in [0.25, 0.3) is 0 Å². The zero-order valence-corrected chi connectivity index (χ0v) is 11.3. The third-order valence-electron chi connectivity index (χ3n) is 2.28. The van der Waals surface area contributed by atoms with E-state index >= 15 is 0 Å². The number of thioether (sulfide) groups is 1. The number of hydrogen-bond acceptors (Lipinski definition) is 2. The van der Waals surface area contributed by atoms with E-state index in [1.807, 2.05) is 12.1 Å². The molecule has 0 saturated carbocycles. The molecule has 0 amide bonds. The maximum atomic E-state index is 12.1. The predicted octanol–water partition coefficient (Wildman–Crippen LogP) is 4.85. The Labute approximate surface area is 106 Å². The van der Waals surface area contributed by atoms with Crippen LogP contribution in [0.15, 0.2) is 29.2 Å². The van der Waals surface area contributed by atoms with Gasteiger partial charge in [-0.15, -0.1) is 0 Å². The topological polar surface area (TPSA) is 12.0 Å². The Hall–Kier alpha value is -0.770. The number of halogens is 2. The fourth-order valence-corrected chi connectivity index (χ4v) is 1.84. The first-order valence-corrected chi connectivity index (χ1v) is 6.53. The van der Waals surface area contributed by atoms with E-state index in [1.165, 1.54) is 0 Å². The number of hydrogen-bond donors (Lipinski definition) is 1. The molecular formula is C13H19F2NS. The lowest BCUT2D eigenvalue weighted by Crippen LogP contribution is -2.12. The van der Waals surface area contributed by atoms with E-state index in [-0.39, 0.29) is 0 Å². The van der Waals surface area contributed by atoms with Gasteiger partial charge in [0, 0.05) is 17.1 Å². The van der Waals surface area contributed by atoms with Gasteiger partial charge in [-0.1, -0.05) is 32.5 Å². The van der Waals surface area contributed by atoms with Crippen molar-refractivity contribution in [3.8, 4) is 0 Å². The quantitative estimate of drug-likeness (QED) is 0.759. The van der Waals surface area contributed by atoms with Crippen molar-refractivity contribution >= 4 is 17.4 Å². The van der Waals surface area contributed by atoms with Gasteiger partial charge in [-0.25, -0.2) is 0 Å². The zero-order valence-electron chi connectivity index (χ0n) is 10.5. The van der Waals surface area contributed by atoms with Crippen molar-refractivity contribution in [2.75, 3.05) is 11.9 Å². The molecule has 0 spiro atoms. The van der Waals surface area contributed by atoms with Gasteiger partial charge in [0.2, 0.25) is 0 Å². The number of anilines is 1. The summed E-state index contributed by atoms with van der Waals surface area (Å²) < 4.78 is 24.2. The summed E-state index contributed by atoms with van der Waals surface area (Å²) in [4.78, 5) is 0.598. The van der Waals surface area contributed by atoms with Crippen LogP contribution in [0.2, 0.25) is 0 Å². The van der Waals surface area contributed by atoms with Gasteiger partial charge in [0.1, 0.15) is 0 Å². The summed E-state index contributed by atoms with van der Waals surface area (Å²) in [5, 5.41) is 3.28. The summed E-state index contributed by atoms with van der Waals surface area (Å²) in [5.74, 6) is -2.35. The first-order chi connectivity index (χ1) is 7.87. The van der Waals surface area contributed by atoms with Gasteiger partial charge in [-0.05, 0) is 36.1 Å². The maximum Gasteiger partial charge on any atom is 0.288 e. The third-order valence-corrected chi connectivity index (χ3v) is 3.01. The van der Waals surface area contributed by atoms with Crippen molar-refractivity contribution in [1.29, 1.82) is 0 Å². The van der Waals surface area contributed by atoms with Crippen LogP contribution >= 0.6 is 11.8 Å². The molecule has 1 aromatic carbocycles. The standard InChI is InChI=1S/C13H19F2NS/c1-13(2,3)8-9-16-10-4-6-11(7-5-10)17-12(14)15/h4-7,12,16H,8-9H2,1-3H3. The summed E-state index contributed by atoms with van der Waals surface area (Å²) in [7, 11) is 0. The molecule has 1 N–H and O–H groups in total. The van der Waals surface area contributed by atoms with Crippen molar-refractivity contribution in [2.45, 2.75) is 37.8 Å². The van der Waals surface area contributed by atoms with E-state index < -0.39 is 5.76 Å². The Bertz CT molecular complexity index is 330. The molecule has 0 saturated heterocycles. The number of nitrogens with one attached hydrogen (secondary N) is 1. The Morgan fingerprint density at radius 2 is 1.76 bits per heavy atom. The Morgan fingerprint density at radius 1 is 1.18 bits per heavy atom. The van der Waals surface area contributed by atoms with Gasteiger partial charge in [0.25, 0.3) is 5.76 Å². The number of alkyl halides is 2. The van der Waals surface area contributed by atoms with Crippen molar-refractivity contribution in [3.63, 3.8) is 0 Å². The first-order valence-electron chi connectivity index (χ1n) is 5.65. The van der Waals surface area contributed by atoms with Crippen LogP contribution in [0.3, 0.4) is 0 Å². The van der Waals surface area contributed by atoms with Crippen LogP contribution in [-0.2, 0) is 0 Å². The van der Waals surface area contributed by atoms with Crippen LogP contribution in [0.5, 0.6) is 0 Å². The lowest BCUT2D eigenvalue weighted by Gasteiger charge is -2.18. The van der Waals surface area contributed by atoms with E-state index in [1.54, 1.807) is 12.1 Å². The molecule has 0 aliphatic rings. The summed E-state index contributed by atoms with van der Waals surface area (Å²) in [6.45, 7) is 7.47. The molecule has 1 rings (SSSR count). The molecule has 0 bridgehead atoms. The number of rotatable bonds is 5. The van der Waals surface area contributed by atoms with Crippen LogP contribution in [-0.4, -0.2) is 12.3 Å². The normalized spacial score (nSPS) is 11.9. The highest BCUT2D eigenvalue weighted by Gasteiger charge is 2.09. The molecule has 96 valence electrons. The second-order valence-corrected chi connectivity index (χ2v) is 6.20. The minimum absolute atomic E-state index is 0.304. The highest BCUT2D eigenvalue weighted by atomic mass is 32.2. The van der Waals surface area contributed by atoms with E-state index in [0.717, 1.165) is 18.7 Å². The maximum absolute atomic E-state index is 12.1. The molecule has 1 nitrogen and oxygen atoms in total. The van der Waals surface area contributed by atoms with Crippen molar-refractivity contribution < 1.29 is 8.78 Å². The Morgan fingerprint density at radius 3 is 2.24 bits per heavy atom. The molecule has 0 fully saturated rings. The Balaban J connectivity index is 2.40. The summed E-state index contributed by atoms with van der Waals surface area (Å²) >= 11 is 0.574. The average molecular weight is 259 g/mol. The molecular weight excluding hydrogens is 240 g/mol. The van der Waals surface area contributed by atoms with Crippen LogP contribution < -0.4 is 5.32 Å². The fourth-order valence-electron chi connectivity index (χ4n) is 1.34. The molecule has 4 heteroatoms. The average Bonchev–Trinajstić information content (AvgIpc) is 2.18. The number of benzene rings is 1. The van der Waals surface area contributed by atoms with Crippen LogP contribution in [0.4, 0.5) is 14.5 Å². The van der Waals surface area contributed by atoms with Gasteiger partial charge >= 0.3 is 0 Å². The lowest BCUT2D eigenvalue weighted by atomic mass is 9.92. The smallest absolute Gasteiger partial charge is 0.288 e. The SMILES string of the molecule is CC(C)(C)CCNc1ccc(SC(F)F)cc1. The molecule has 0 aliphatic heterocycles. The van der Waals surface area contributed by atoms with E-state index in [2.05, 4.69) is 26.1 Å². The summed E-state index contributed by atoms with van der Waals surface area (Å²) in [6.07, 6.45) is 1.07. The van der Waals surface area contributed by atoms with Gasteiger partial charge < -0.3 is 5.32 Å². The molecule has 0 atom stereocenters. The third kappa shape index (κ3) is 6.51. The van der Waals surface area contributed by atoms with E-state index in [4.69, 9.17) is 0 Å². The fraction of sp³-hybridized carbons (Fsp3) is 0.538. The van der Waals surface area contributed by atoms with Crippen molar-refractivity contribution in [2.24, 2.45) is 5.41 Å². The van der Waals surface area contributed by atoms with Crippen LogP contribution in [0, 0.1) is 5.41 Å². The molecule has 0 heterocycles. The molecule has 1 aromatic rings. The lowest BCUT2D eigenvalue weighted by molar-refractivity contribution is 0.252. The minimum Gasteiger partial charge on any atom is -0.385 e. The van der Waals surface area contributed by atoms with Crippen molar-refractivity contribution in [3.05, 3.63) is 24.3 Å². The minimum atomic E-state index is -2.35. The summed E-state index contributed by atoms with van der Waals surface area (Å²) in [5.41, 5.74) is 1.28. The van der Waals surface area contributed by atoms with Gasteiger partial charge in [-0.3, -0.25) is 0 Å². The largest absolute Gasteiger partial charge is 0.385 e. The van der Waals surface area contributed by atoms with Gasteiger partial charge in [0.05, 0.1) is 0 Å². The summed E-state index contributed by atoms with van der Waals surface area (Å²) in [6, 6.07) is 7.12. The molecule has 0 aliphatic carbocycles. The first kappa shape index (κ1) is 14.3. The monoisotopic (exact) mass is 259 g/mol. The second-order valence-electron chi connectivity index (χ2n) is 5.14. The molecule has 0 aromatic heterocycles. The van der Waals surface area contributed by atoms with Crippen molar-refractivity contribution in [1.82, 2.24) is 0 Å². The molecule has 17 heavy (non-hydrogen) atoms. The van der Waals surface area contributed by atoms with E-state index in [9.17, 15) is 8.78 Å². The highest BCUT2D eigenvalue weighted by Crippen LogP contribution is 2.26.